The van der Waals surface area contributed by atoms with Gasteiger partial charge in [-0.15, -0.1) is 0 Å². The molecule has 0 unspecified atom stereocenters. The Morgan fingerprint density at radius 3 is 2.87 bits per heavy atom. The van der Waals surface area contributed by atoms with Crippen LogP contribution >= 0.6 is 0 Å². The van der Waals surface area contributed by atoms with E-state index < -0.39 is 0 Å². The lowest BCUT2D eigenvalue weighted by atomic mass is 10.1. The third kappa shape index (κ3) is 6.08. The van der Waals surface area contributed by atoms with Gasteiger partial charge in [0.2, 0.25) is 5.91 Å². The van der Waals surface area contributed by atoms with Crippen molar-refractivity contribution in [3.05, 3.63) is 59.9 Å². The highest BCUT2D eigenvalue weighted by atomic mass is 16.5. The van der Waals surface area contributed by atoms with E-state index in [2.05, 4.69) is 22.5 Å². The van der Waals surface area contributed by atoms with E-state index in [0.717, 1.165) is 17.5 Å². The lowest BCUT2D eigenvalue weighted by molar-refractivity contribution is -0.116. The maximum atomic E-state index is 11.7. The fourth-order valence-corrected chi connectivity index (χ4v) is 2.12. The number of nitrogens with one attached hydrogen (secondary N) is 1. The van der Waals surface area contributed by atoms with E-state index in [1.807, 2.05) is 38.4 Å². The van der Waals surface area contributed by atoms with Crippen LogP contribution in [0.4, 0.5) is 0 Å². The maximum Gasteiger partial charge on any atom is 0.244 e. The number of carbonyl (C=O) groups is 1. The van der Waals surface area contributed by atoms with Gasteiger partial charge in [-0.2, -0.15) is 5.10 Å². The molecule has 5 heteroatoms. The van der Waals surface area contributed by atoms with Crippen LogP contribution in [0.15, 0.2) is 48.8 Å². The van der Waals surface area contributed by atoms with Crippen molar-refractivity contribution in [2.75, 3.05) is 13.2 Å². The minimum absolute atomic E-state index is 0.0670. The van der Waals surface area contributed by atoms with Gasteiger partial charge in [0.25, 0.3) is 0 Å². The van der Waals surface area contributed by atoms with Crippen LogP contribution < -0.4 is 5.32 Å². The Hall–Kier alpha value is -2.40. The number of benzene rings is 1. The second kappa shape index (κ2) is 8.90. The van der Waals surface area contributed by atoms with Gasteiger partial charge in [0, 0.05) is 38.0 Å². The van der Waals surface area contributed by atoms with Crippen molar-refractivity contribution in [1.82, 2.24) is 15.1 Å². The zero-order valence-electron chi connectivity index (χ0n) is 13.6. The molecule has 0 aliphatic carbocycles. The van der Waals surface area contributed by atoms with Crippen LogP contribution in [0.2, 0.25) is 0 Å². The molecule has 2 rings (SSSR count). The predicted octanol–water partition coefficient (Wildman–Crippen LogP) is 2.72. The van der Waals surface area contributed by atoms with Crippen LogP contribution in [0.1, 0.15) is 30.6 Å². The van der Waals surface area contributed by atoms with Crippen LogP contribution in [-0.2, 0) is 16.6 Å². The maximum absolute atomic E-state index is 11.7. The number of amides is 1. The molecule has 122 valence electrons. The first-order valence-corrected chi connectivity index (χ1v) is 7.76. The normalized spacial score (nSPS) is 12.4. The number of carbonyl (C=O) groups excluding carboxylic acids is 1. The van der Waals surface area contributed by atoms with Gasteiger partial charge in [0.05, 0.1) is 12.3 Å². The quantitative estimate of drug-likeness (QED) is 0.602. The van der Waals surface area contributed by atoms with Crippen LogP contribution in [0.3, 0.4) is 0 Å². The van der Waals surface area contributed by atoms with Crippen molar-refractivity contribution in [1.29, 1.82) is 0 Å². The SMILES string of the molecule is C[C@H](OCCCNC(=O)/C=C\c1cnn(C)c1)c1ccccc1. The molecule has 23 heavy (non-hydrogen) atoms. The van der Waals surface area contributed by atoms with E-state index in [9.17, 15) is 4.79 Å². The molecule has 0 fully saturated rings. The van der Waals surface area contributed by atoms with E-state index in [1.54, 1.807) is 17.0 Å². The summed E-state index contributed by atoms with van der Waals surface area (Å²) >= 11 is 0. The molecule has 0 aliphatic rings. The average molecular weight is 313 g/mol. The van der Waals surface area contributed by atoms with E-state index in [-0.39, 0.29) is 12.0 Å². The Morgan fingerprint density at radius 1 is 1.39 bits per heavy atom. The summed E-state index contributed by atoms with van der Waals surface area (Å²) in [4.78, 5) is 11.7. The first-order chi connectivity index (χ1) is 11.1. The number of hydrogen-bond donors (Lipinski definition) is 1. The minimum atomic E-state index is -0.107. The number of rotatable bonds is 8. The van der Waals surface area contributed by atoms with Crippen molar-refractivity contribution in [3.63, 3.8) is 0 Å². The first-order valence-electron chi connectivity index (χ1n) is 7.76. The summed E-state index contributed by atoms with van der Waals surface area (Å²) in [7, 11) is 1.84. The van der Waals surface area contributed by atoms with Crippen molar-refractivity contribution in [2.45, 2.75) is 19.4 Å². The third-order valence-electron chi connectivity index (χ3n) is 3.41. The van der Waals surface area contributed by atoms with Gasteiger partial charge in [-0.3, -0.25) is 9.48 Å². The van der Waals surface area contributed by atoms with E-state index in [4.69, 9.17) is 4.74 Å². The Kier molecular flexibility index (Phi) is 6.56. The Balaban J connectivity index is 1.60. The molecule has 1 aromatic carbocycles. The summed E-state index contributed by atoms with van der Waals surface area (Å²) < 4.78 is 7.46. The monoisotopic (exact) mass is 313 g/mol. The van der Waals surface area contributed by atoms with Crippen molar-refractivity contribution >= 4 is 12.0 Å². The second-order valence-corrected chi connectivity index (χ2v) is 5.35. The molecule has 1 heterocycles. The molecule has 1 N–H and O–H groups in total. The van der Waals surface area contributed by atoms with Gasteiger partial charge in [-0.25, -0.2) is 0 Å². The first kappa shape index (κ1) is 17.0. The summed E-state index contributed by atoms with van der Waals surface area (Å²) in [5.74, 6) is -0.107. The lowest BCUT2D eigenvalue weighted by Gasteiger charge is -2.13. The van der Waals surface area contributed by atoms with Crippen molar-refractivity contribution in [3.8, 4) is 0 Å². The zero-order chi connectivity index (χ0) is 16.5. The number of ether oxygens (including phenoxy) is 1. The molecular weight excluding hydrogens is 290 g/mol. The number of hydrogen-bond acceptors (Lipinski definition) is 3. The standard InChI is InChI=1S/C18H23N3O2/c1-15(17-7-4-3-5-8-17)23-12-6-11-19-18(22)10-9-16-13-20-21(2)14-16/h3-5,7-10,13-15H,6,11-12H2,1-2H3,(H,19,22)/b10-9-/t15-/m0/s1. The summed E-state index contributed by atoms with van der Waals surface area (Å²) in [6, 6.07) is 10.1. The van der Waals surface area contributed by atoms with Gasteiger partial charge < -0.3 is 10.1 Å². The zero-order valence-corrected chi connectivity index (χ0v) is 13.6. The Bertz CT molecular complexity index is 635. The fraction of sp³-hybridized carbons (Fsp3) is 0.333. The smallest absolute Gasteiger partial charge is 0.244 e. The molecule has 0 spiro atoms. The Morgan fingerprint density at radius 2 is 2.17 bits per heavy atom. The van der Waals surface area contributed by atoms with Crippen LogP contribution in [0, 0.1) is 0 Å². The topological polar surface area (TPSA) is 56.1 Å². The summed E-state index contributed by atoms with van der Waals surface area (Å²) in [5, 5.41) is 6.88. The molecule has 1 amide bonds. The lowest BCUT2D eigenvalue weighted by Crippen LogP contribution is -2.23. The molecule has 0 bridgehead atoms. The molecule has 0 saturated carbocycles. The molecule has 2 aromatic rings. The molecule has 1 aromatic heterocycles. The average Bonchev–Trinajstić information content (AvgIpc) is 2.98. The summed E-state index contributed by atoms with van der Waals surface area (Å²) in [5.41, 5.74) is 2.07. The molecule has 0 aliphatic heterocycles. The number of nitrogens with zero attached hydrogens (tertiary/aromatic N) is 2. The highest BCUT2D eigenvalue weighted by molar-refractivity contribution is 5.91. The largest absolute Gasteiger partial charge is 0.374 e. The van der Waals surface area contributed by atoms with Gasteiger partial charge >= 0.3 is 0 Å². The van der Waals surface area contributed by atoms with Gasteiger partial charge in [0.15, 0.2) is 0 Å². The molecule has 0 saturated heterocycles. The van der Waals surface area contributed by atoms with Crippen molar-refractivity contribution in [2.24, 2.45) is 7.05 Å². The van der Waals surface area contributed by atoms with E-state index in [1.165, 1.54) is 6.08 Å². The van der Waals surface area contributed by atoms with Gasteiger partial charge in [0.1, 0.15) is 0 Å². The van der Waals surface area contributed by atoms with E-state index in [0.29, 0.717) is 13.2 Å². The highest BCUT2D eigenvalue weighted by Crippen LogP contribution is 2.15. The Labute approximate surface area is 137 Å². The van der Waals surface area contributed by atoms with Crippen molar-refractivity contribution < 1.29 is 9.53 Å². The van der Waals surface area contributed by atoms with Crippen LogP contribution in [0.5, 0.6) is 0 Å². The summed E-state index contributed by atoms with van der Waals surface area (Å²) in [6.07, 6.45) is 7.67. The molecule has 1 atom stereocenters. The van der Waals surface area contributed by atoms with Crippen LogP contribution in [-0.4, -0.2) is 28.8 Å². The van der Waals surface area contributed by atoms with E-state index >= 15 is 0 Å². The highest BCUT2D eigenvalue weighted by Gasteiger charge is 2.04. The number of aromatic nitrogens is 2. The summed E-state index contributed by atoms with van der Waals surface area (Å²) in [6.45, 7) is 3.24. The molecular formula is C18H23N3O2. The third-order valence-corrected chi connectivity index (χ3v) is 3.41. The molecule has 5 nitrogen and oxygen atoms in total. The second-order valence-electron chi connectivity index (χ2n) is 5.35. The minimum Gasteiger partial charge on any atom is -0.374 e. The fourth-order valence-electron chi connectivity index (χ4n) is 2.12. The predicted molar refractivity (Wildman–Crippen MR) is 90.7 cm³/mol. The van der Waals surface area contributed by atoms with Gasteiger partial charge in [-0.1, -0.05) is 30.3 Å². The molecule has 0 radical (unpaired) electrons. The van der Waals surface area contributed by atoms with Gasteiger partial charge in [-0.05, 0) is 25.0 Å². The van der Waals surface area contributed by atoms with Crippen LogP contribution in [0.25, 0.3) is 6.08 Å². The number of aryl methyl sites for hydroxylation is 1.